The monoisotopic (exact) mass is 243 g/mol. The summed E-state index contributed by atoms with van der Waals surface area (Å²) in [5.41, 5.74) is 1.65. The molecule has 1 atom stereocenters. The van der Waals surface area contributed by atoms with Crippen molar-refractivity contribution in [2.45, 2.75) is 26.3 Å². The van der Waals surface area contributed by atoms with Crippen molar-refractivity contribution in [3.05, 3.63) is 36.5 Å². The maximum atomic E-state index is 11.8. The van der Waals surface area contributed by atoms with Crippen molar-refractivity contribution in [1.29, 1.82) is 0 Å². The first-order valence-electron chi connectivity index (χ1n) is 6.12. The highest BCUT2D eigenvalue weighted by molar-refractivity contribution is 6.00. The van der Waals surface area contributed by atoms with Gasteiger partial charge in [-0.3, -0.25) is 4.98 Å². The van der Waals surface area contributed by atoms with Crippen molar-refractivity contribution in [3.63, 3.8) is 0 Å². The molecule has 2 N–H and O–H groups in total. The zero-order valence-electron chi connectivity index (χ0n) is 10.6. The van der Waals surface area contributed by atoms with E-state index in [4.69, 9.17) is 0 Å². The van der Waals surface area contributed by atoms with Gasteiger partial charge in [0.1, 0.15) is 0 Å². The van der Waals surface area contributed by atoms with Gasteiger partial charge in [-0.25, -0.2) is 4.79 Å². The van der Waals surface area contributed by atoms with Gasteiger partial charge in [0.25, 0.3) is 0 Å². The summed E-state index contributed by atoms with van der Waals surface area (Å²) in [6, 6.07) is 9.47. The van der Waals surface area contributed by atoms with Gasteiger partial charge in [0.15, 0.2) is 0 Å². The number of nitrogens with zero attached hydrogens (tertiary/aromatic N) is 1. The summed E-state index contributed by atoms with van der Waals surface area (Å²) < 4.78 is 0. The molecule has 2 aromatic rings. The van der Waals surface area contributed by atoms with Crippen molar-refractivity contribution in [1.82, 2.24) is 10.3 Å². The highest BCUT2D eigenvalue weighted by Crippen LogP contribution is 2.20. The Morgan fingerprint density at radius 3 is 2.94 bits per heavy atom. The average molecular weight is 243 g/mol. The largest absolute Gasteiger partial charge is 0.335 e. The fraction of sp³-hybridized carbons (Fsp3) is 0.286. The van der Waals surface area contributed by atoms with Crippen LogP contribution in [-0.2, 0) is 0 Å². The molecule has 0 saturated heterocycles. The summed E-state index contributed by atoms with van der Waals surface area (Å²) in [6.45, 7) is 4.01. The quantitative estimate of drug-likeness (QED) is 0.870. The molecule has 0 aliphatic rings. The summed E-state index contributed by atoms with van der Waals surface area (Å²) in [5.74, 6) is 0. The van der Waals surface area contributed by atoms with E-state index < -0.39 is 0 Å². The van der Waals surface area contributed by atoms with Crippen molar-refractivity contribution in [2.75, 3.05) is 5.32 Å². The molecule has 1 aromatic heterocycles. The van der Waals surface area contributed by atoms with Gasteiger partial charge in [0, 0.05) is 17.6 Å². The van der Waals surface area contributed by atoms with Crippen LogP contribution in [0.4, 0.5) is 10.5 Å². The molecular formula is C14H17N3O. The molecule has 0 aliphatic heterocycles. The second kappa shape index (κ2) is 5.49. The third kappa shape index (κ3) is 2.77. The molecular weight excluding hydrogens is 226 g/mol. The van der Waals surface area contributed by atoms with Crippen LogP contribution < -0.4 is 10.6 Å². The van der Waals surface area contributed by atoms with E-state index in [0.29, 0.717) is 0 Å². The Balaban J connectivity index is 2.19. The highest BCUT2D eigenvalue weighted by Gasteiger charge is 2.07. The van der Waals surface area contributed by atoms with E-state index in [1.54, 1.807) is 6.20 Å². The van der Waals surface area contributed by atoms with E-state index >= 15 is 0 Å². The van der Waals surface area contributed by atoms with Crippen LogP contribution in [-0.4, -0.2) is 17.1 Å². The van der Waals surface area contributed by atoms with Gasteiger partial charge in [0.2, 0.25) is 0 Å². The Morgan fingerprint density at radius 2 is 2.17 bits per heavy atom. The van der Waals surface area contributed by atoms with Crippen LogP contribution in [0.3, 0.4) is 0 Å². The van der Waals surface area contributed by atoms with Crippen molar-refractivity contribution >= 4 is 22.6 Å². The molecule has 1 aromatic carbocycles. The number of amides is 2. The molecule has 0 radical (unpaired) electrons. The lowest BCUT2D eigenvalue weighted by atomic mass is 10.2. The second-order valence-electron chi connectivity index (χ2n) is 4.28. The van der Waals surface area contributed by atoms with Crippen LogP contribution in [0, 0.1) is 0 Å². The predicted molar refractivity (Wildman–Crippen MR) is 73.7 cm³/mol. The number of benzene rings is 1. The normalized spacial score (nSPS) is 12.1. The van der Waals surface area contributed by atoms with Crippen LogP contribution in [0.5, 0.6) is 0 Å². The molecule has 0 saturated carbocycles. The molecule has 18 heavy (non-hydrogen) atoms. The van der Waals surface area contributed by atoms with E-state index in [0.717, 1.165) is 23.0 Å². The minimum atomic E-state index is -0.180. The number of nitrogens with one attached hydrogen (secondary N) is 2. The molecule has 0 bridgehead atoms. The van der Waals surface area contributed by atoms with E-state index in [2.05, 4.69) is 15.6 Å². The summed E-state index contributed by atoms with van der Waals surface area (Å²) in [5, 5.41) is 6.68. The molecule has 1 heterocycles. The van der Waals surface area contributed by atoms with Crippen LogP contribution in [0.2, 0.25) is 0 Å². The van der Waals surface area contributed by atoms with E-state index in [9.17, 15) is 4.79 Å². The smallest absolute Gasteiger partial charge is 0.319 e. The number of hydrogen-bond donors (Lipinski definition) is 2. The molecule has 4 nitrogen and oxygen atoms in total. The van der Waals surface area contributed by atoms with Gasteiger partial charge in [0.05, 0.1) is 11.2 Å². The molecule has 4 heteroatoms. The zero-order valence-corrected chi connectivity index (χ0v) is 10.6. The fourth-order valence-electron chi connectivity index (χ4n) is 1.70. The number of urea groups is 1. The highest BCUT2D eigenvalue weighted by atomic mass is 16.2. The minimum absolute atomic E-state index is 0.165. The Labute approximate surface area is 106 Å². The lowest BCUT2D eigenvalue weighted by Crippen LogP contribution is -2.35. The SMILES string of the molecule is CCC(C)NC(=O)Nc1cccc2ncccc12. The van der Waals surface area contributed by atoms with Crippen LogP contribution >= 0.6 is 0 Å². The Morgan fingerprint density at radius 1 is 1.33 bits per heavy atom. The summed E-state index contributed by atoms with van der Waals surface area (Å²) in [6.07, 6.45) is 2.65. The number of rotatable bonds is 3. The molecule has 1 unspecified atom stereocenters. The minimum Gasteiger partial charge on any atom is -0.335 e. The maximum Gasteiger partial charge on any atom is 0.319 e. The average Bonchev–Trinajstić information content (AvgIpc) is 2.39. The molecule has 0 aliphatic carbocycles. The standard InChI is InChI=1S/C14H17N3O/c1-3-10(2)16-14(18)17-13-8-4-7-12-11(13)6-5-9-15-12/h4-10H,3H2,1-2H3,(H2,16,17,18). The van der Waals surface area contributed by atoms with Crippen LogP contribution in [0.1, 0.15) is 20.3 Å². The summed E-state index contributed by atoms with van der Waals surface area (Å²) in [4.78, 5) is 16.0. The predicted octanol–water partition coefficient (Wildman–Crippen LogP) is 3.15. The fourth-order valence-corrected chi connectivity index (χ4v) is 1.70. The van der Waals surface area contributed by atoms with Crippen molar-refractivity contribution < 1.29 is 4.79 Å². The van der Waals surface area contributed by atoms with Crippen LogP contribution in [0.25, 0.3) is 10.9 Å². The van der Waals surface area contributed by atoms with Crippen LogP contribution in [0.15, 0.2) is 36.5 Å². The number of fused-ring (bicyclic) bond motifs is 1. The molecule has 0 spiro atoms. The second-order valence-corrected chi connectivity index (χ2v) is 4.28. The van der Waals surface area contributed by atoms with E-state index in [-0.39, 0.29) is 12.1 Å². The van der Waals surface area contributed by atoms with E-state index in [1.807, 2.05) is 44.2 Å². The lowest BCUT2D eigenvalue weighted by Gasteiger charge is -2.13. The molecule has 0 fully saturated rings. The van der Waals surface area contributed by atoms with Crippen molar-refractivity contribution in [3.8, 4) is 0 Å². The first-order valence-corrected chi connectivity index (χ1v) is 6.12. The Bertz CT molecular complexity index is 548. The number of aromatic nitrogens is 1. The van der Waals surface area contributed by atoms with Gasteiger partial charge in [-0.15, -0.1) is 0 Å². The summed E-state index contributed by atoms with van der Waals surface area (Å²) in [7, 11) is 0. The third-order valence-corrected chi connectivity index (χ3v) is 2.88. The molecule has 94 valence electrons. The number of anilines is 1. The molecule has 2 rings (SSSR count). The molecule has 2 amide bonds. The Kier molecular flexibility index (Phi) is 3.77. The third-order valence-electron chi connectivity index (χ3n) is 2.88. The zero-order chi connectivity index (χ0) is 13.0. The van der Waals surface area contributed by atoms with Gasteiger partial charge in [-0.05, 0) is 37.6 Å². The number of pyridine rings is 1. The van der Waals surface area contributed by atoms with Gasteiger partial charge >= 0.3 is 6.03 Å². The van der Waals surface area contributed by atoms with Gasteiger partial charge < -0.3 is 10.6 Å². The Hall–Kier alpha value is -2.10. The summed E-state index contributed by atoms with van der Waals surface area (Å²) >= 11 is 0. The number of carbonyl (C=O) groups is 1. The van der Waals surface area contributed by atoms with Crippen molar-refractivity contribution in [2.24, 2.45) is 0 Å². The van der Waals surface area contributed by atoms with E-state index in [1.165, 1.54) is 0 Å². The maximum absolute atomic E-state index is 11.8. The topological polar surface area (TPSA) is 54.0 Å². The first kappa shape index (κ1) is 12.4. The van der Waals surface area contributed by atoms with Gasteiger partial charge in [-0.1, -0.05) is 13.0 Å². The number of carbonyl (C=O) groups excluding carboxylic acids is 1. The number of hydrogen-bond acceptors (Lipinski definition) is 2. The van der Waals surface area contributed by atoms with Gasteiger partial charge in [-0.2, -0.15) is 0 Å². The lowest BCUT2D eigenvalue weighted by molar-refractivity contribution is 0.249. The first-order chi connectivity index (χ1) is 8.70.